The summed E-state index contributed by atoms with van der Waals surface area (Å²) in [6.45, 7) is 6.75. The highest BCUT2D eigenvalue weighted by molar-refractivity contribution is 7.98. The van der Waals surface area contributed by atoms with Crippen molar-refractivity contribution in [3.8, 4) is 0 Å². The molecule has 2 atom stereocenters. The highest BCUT2D eigenvalue weighted by atomic mass is 32.2. The monoisotopic (exact) mass is 232 g/mol. The van der Waals surface area contributed by atoms with Gasteiger partial charge in [-0.3, -0.25) is 4.79 Å². The summed E-state index contributed by atoms with van der Waals surface area (Å²) in [4.78, 5) is 11.7. The van der Waals surface area contributed by atoms with E-state index in [1.165, 1.54) is 0 Å². The predicted octanol–water partition coefficient (Wildman–Crippen LogP) is 1.48. The average Bonchev–Trinajstić information content (AvgIpc) is 2.16. The van der Waals surface area contributed by atoms with E-state index in [4.69, 9.17) is 5.73 Å². The second-order valence-corrected chi connectivity index (χ2v) is 5.34. The Hall–Kier alpha value is -0.220. The molecule has 3 nitrogen and oxygen atoms in total. The Kier molecular flexibility index (Phi) is 7.88. The summed E-state index contributed by atoms with van der Waals surface area (Å²) in [5, 5.41) is 3.01. The number of carbonyl (C=O) groups excluding carboxylic acids is 1. The average molecular weight is 232 g/mol. The number of nitrogens with two attached hydrogens (primary N) is 1. The van der Waals surface area contributed by atoms with E-state index in [2.05, 4.69) is 19.2 Å². The SMILES string of the molecule is CSCC(C)C(=O)NC(CN)CC(C)C. The Labute approximate surface area is 97.6 Å². The molecule has 0 rings (SSSR count). The molecule has 0 aliphatic heterocycles. The molecule has 0 aromatic heterocycles. The highest BCUT2D eigenvalue weighted by Crippen LogP contribution is 2.07. The molecule has 0 heterocycles. The highest BCUT2D eigenvalue weighted by Gasteiger charge is 2.16. The number of hydrogen-bond acceptors (Lipinski definition) is 3. The van der Waals surface area contributed by atoms with Gasteiger partial charge in [-0.15, -0.1) is 0 Å². The van der Waals surface area contributed by atoms with Gasteiger partial charge in [-0.2, -0.15) is 11.8 Å². The minimum absolute atomic E-state index is 0.0706. The van der Waals surface area contributed by atoms with Gasteiger partial charge < -0.3 is 11.1 Å². The molecule has 0 saturated heterocycles. The van der Waals surface area contributed by atoms with Crippen LogP contribution in [0.15, 0.2) is 0 Å². The first-order chi connectivity index (χ1) is 7.01. The van der Waals surface area contributed by atoms with Crippen molar-refractivity contribution in [1.82, 2.24) is 5.32 Å². The Balaban J connectivity index is 4.00. The maximum atomic E-state index is 11.7. The Morgan fingerprint density at radius 2 is 2.00 bits per heavy atom. The molecule has 0 bridgehead atoms. The summed E-state index contributed by atoms with van der Waals surface area (Å²) in [5.41, 5.74) is 5.62. The lowest BCUT2D eigenvalue weighted by Crippen LogP contribution is -2.43. The van der Waals surface area contributed by atoms with Gasteiger partial charge in [0, 0.05) is 24.3 Å². The summed E-state index contributed by atoms with van der Waals surface area (Å²) in [5.74, 6) is 1.63. The molecule has 0 fully saturated rings. The molecular weight excluding hydrogens is 208 g/mol. The molecular formula is C11H24N2OS. The van der Waals surface area contributed by atoms with Crippen molar-refractivity contribution in [3.05, 3.63) is 0 Å². The number of carbonyl (C=O) groups is 1. The van der Waals surface area contributed by atoms with Crippen LogP contribution in [0.2, 0.25) is 0 Å². The smallest absolute Gasteiger partial charge is 0.223 e. The lowest BCUT2D eigenvalue weighted by Gasteiger charge is -2.20. The van der Waals surface area contributed by atoms with Crippen LogP contribution in [0.25, 0.3) is 0 Å². The van der Waals surface area contributed by atoms with Crippen molar-refractivity contribution in [2.45, 2.75) is 33.2 Å². The van der Waals surface area contributed by atoms with E-state index in [0.29, 0.717) is 12.5 Å². The van der Waals surface area contributed by atoms with Crippen LogP contribution in [0.5, 0.6) is 0 Å². The van der Waals surface area contributed by atoms with E-state index < -0.39 is 0 Å². The van der Waals surface area contributed by atoms with Gasteiger partial charge in [-0.05, 0) is 18.6 Å². The fourth-order valence-corrected chi connectivity index (χ4v) is 2.10. The van der Waals surface area contributed by atoms with Gasteiger partial charge in [0.1, 0.15) is 0 Å². The lowest BCUT2D eigenvalue weighted by atomic mass is 10.0. The van der Waals surface area contributed by atoms with Crippen LogP contribution in [0.4, 0.5) is 0 Å². The fourth-order valence-electron chi connectivity index (χ4n) is 1.45. The van der Waals surface area contributed by atoms with Crippen LogP contribution in [0, 0.1) is 11.8 Å². The minimum atomic E-state index is 0.0706. The van der Waals surface area contributed by atoms with E-state index in [1.807, 2.05) is 13.2 Å². The summed E-state index contributed by atoms with van der Waals surface area (Å²) in [7, 11) is 0. The molecule has 0 aromatic carbocycles. The second kappa shape index (κ2) is 7.99. The molecule has 0 radical (unpaired) electrons. The van der Waals surface area contributed by atoms with Crippen LogP contribution in [-0.2, 0) is 4.79 Å². The van der Waals surface area contributed by atoms with E-state index in [9.17, 15) is 4.79 Å². The standard InChI is InChI=1S/C11H24N2OS/c1-8(2)5-10(6-12)13-11(14)9(3)7-15-4/h8-10H,5-7,12H2,1-4H3,(H,13,14). The van der Waals surface area contributed by atoms with E-state index in [1.54, 1.807) is 11.8 Å². The van der Waals surface area contributed by atoms with Crippen LogP contribution >= 0.6 is 11.8 Å². The molecule has 1 amide bonds. The van der Waals surface area contributed by atoms with Crippen LogP contribution in [-0.4, -0.2) is 30.5 Å². The number of amides is 1. The molecule has 2 unspecified atom stereocenters. The molecule has 90 valence electrons. The van der Waals surface area contributed by atoms with Gasteiger partial charge in [-0.1, -0.05) is 20.8 Å². The Morgan fingerprint density at radius 1 is 1.40 bits per heavy atom. The van der Waals surface area contributed by atoms with Crippen molar-refractivity contribution in [1.29, 1.82) is 0 Å². The zero-order valence-electron chi connectivity index (χ0n) is 10.2. The zero-order valence-corrected chi connectivity index (χ0v) is 11.1. The number of rotatable bonds is 7. The number of thioether (sulfide) groups is 1. The molecule has 3 N–H and O–H groups in total. The first kappa shape index (κ1) is 14.8. The van der Waals surface area contributed by atoms with Gasteiger partial charge >= 0.3 is 0 Å². The van der Waals surface area contributed by atoms with Crippen LogP contribution in [0.1, 0.15) is 27.2 Å². The van der Waals surface area contributed by atoms with Crippen molar-refractivity contribution in [2.24, 2.45) is 17.6 Å². The summed E-state index contributed by atoms with van der Waals surface area (Å²) >= 11 is 1.69. The largest absolute Gasteiger partial charge is 0.352 e. The summed E-state index contributed by atoms with van der Waals surface area (Å²) in [6, 6.07) is 0.127. The molecule has 0 aromatic rings. The van der Waals surface area contributed by atoms with Gasteiger partial charge in [0.15, 0.2) is 0 Å². The fraction of sp³-hybridized carbons (Fsp3) is 0.909. The predicted molar refractivity (Wildman–Crippen MR) is 68.0 cm³/mol. The quantitative estimate of drug-likeness (QED) is 0.699. The molecule has 4 heteroatoms. The molecule has 15 heavy (non-hydrogen) atoms. The summed E-state index contributed by atoms with van der Waals surface area (Å²) in [6.07, 6.45) is 2.96. The normalized spacial score (nSPS) is 15.1. The Morgan fingerprint density at radius 3 is 2.40 bits per heavy atom. The zero-order chi connectivity index (χ0) is 11.8. The third-order valence-electron chi connectivity index (χ3n) is 2.25. The molecule has 0 aliphatic carbocycles. The maximum absolute atomic E-state index is 11.7. The molecule has 0 saturated carbocycles. The van der Waals surface area contributed by atoms with Crippen molar-refractivity contribution in [3.63, 3.8) is 0 Å². The lowest BCUT2D eigenvalue weighted by molar-refractivity contribution is -0.124. The van der Waals surface area contributed by atoms with Crippen molar-refractivity contribution < 1.29 is 4.79 Å². The summed E-state index contributed by atoms with van der Waals surface area (Å²) < 4.78 is 0. The van der Waals surface area contributed by atoms with Crippen LogP contribution < -0.4 is 11.1 Å². The van der Waals surface area contributed by atoms with Crippen LogP contribution in [0.3, 0.4) is 0 Å². The number of hydrogen-bond donors (Lipinski definition) is 2. The van der Waals surface area contributed by atoms with E-state index in [0.717, 1.165) is 12.2 Å². The third kappa shape index (κ3) is 6.79. The van der Waals surface area contributed by atoms with Crippen molar-refractivity contribution >= 4 is 17.7 Å². The second-order valence-electron chi connectivity index (χ2n) is 4.43. The first-order valence-corrected chi connectivity index (χ1v) is 6.90. The Bertz CT molecular complexity index is 185. The topological polar surface area (TPSA) is 55.1 Å². The molecule has 0 aliphatic rings. The van der Waals surface area contributed by atoms with Gasteiger partial charge in [0.05, 0.1) is 0 Å². The maximum Gasteiger partial charge on any atom is 0.223 e. The number of nitrogens with one attached hydrogen (secondary N) is 1. The first-order valence-electron chi connectivity index (χ1n) is 5.50. The van der Waals surface area contributed by atoms with Crippen molar-refractivity contribution in [2.75, 3.05) is 18.6 Å². The van der Waals surface area contributed by atoms with E-state index >= 15 is 0 Å². The third-order valence-corrected chi connectivity index (χ3v) is 3.08. The van der Waals surface area contributed by atoms with Gasteiger partial charge in [-0.25, -0.2) is 0 Å². The minimum Gasteiger partial charge on any atom is -0.352 e. The molecule has 0 spiro atoms. The van der Waals surface area contributed by atoms with Gasteiger partial charge in [0.25, 0.3) is 0 Å². The van der Waals surface area contributed by atoms with Gasteiger partial charge in [0.2, 0.25) is 5.91 Å². The van der Waals surface area contributed by atoms with E-state index in [-0.39, 0.29) is 17.9 Å².